The maximum Gasteiger partial charge on any atom is 0.292 e. The molecule has 3 rings (SSSR count). The van der Waals surface area contributed by atoms with Gasteiger partial charge in [-0.3, -0.25) is 19.5 Å². The number of carbonyl (C=O) groups excluding carboxylic acids is 1. The van der Waals surface area contributed by atoms with E-state index in [0.717, 1.165) is 5.56 Å². The molecular weight excluding hydrogens is 390 g/mol. The lowest BCUT2D eigenvalue weighted by molar-refractivity contribution is -0.383. The van der Waals surface area contributed by atoms with Crippen molar-refractivity contribution in [3.8, 4) is 11.4 Å². The SMILES string of the molecule is C=CCn1c(S[C@H](C)C(=O)Nc2ccccc2[N+](=O)[O-])nnc1-c1ccccc1. The first-order chi connectivity index (χ1) is 14.0. The van der Waals surface area contributed by atoms with Gasteiger partial charge in [-0.05, 0) is 13.0 Å². The van der Waals surface area contributed by atoms with E-state index in [1.54, 1.807) is 25.1 Å². The minimum absolute atomic E-state index is 0.153. The third-order valence-corrected chi connectivity index (χ3v) is 5.15. The number of hydrogen-bond donors (Lipinski definition) is 1. The zero-order valence-corrected chi connectivity index (χ0v) is 16.5. The average Bonchev–Trinajstić information content (AvgIpc) is 3.11. The molecule has 1 atom stereocenters. The van der Waals surface area contributed by atoms with Crippen LogP contribution in [0, 0.1) is 10.1 Å². The highest BCUT2D eigenvalue weighted by atomic mass is 32.2. The minimum Gasteiger partial charge on any atom is -0.319 e. The van der Waals surface area contributed by atoms with E-state index < -0.39 is 10.2 Å². The molecule has 3 aromatic rings. The number of anilines is 1. The van der Waals surface area contributed by atoms with Gasteiger partial charge in [-0.1, -0.05) is 60.3 Å². The van der Waals surface area contributed by atoms with Crippen LogP contribution in [0.15, 0.2) is 72.4 Å². The summed E-state index contributed by atoms with van der Waals surface area (Å²) < 4.78 is 1.88. The van der Waals surface area contributed by atoms with Crippen molar-refractivity contribution in [2.75, 3.05) is 5.32 Å². The molecule has 1 aromatic heterocycles. The van der Waals surface area contributed by atoms with E-state index in [4.69, 9.17) is 0 Å². The first-order valence-corrected chi connectivity index (χ1v) is 9.69. The monoisotopic (exact) mass is 409 g/mol. The molecular formula is C20H19N5O3S. The Morgan fingerprint density at radius 1 is 1.24 bits per heavy atom. The van der Waals surface area contributed by atoms with Gasteiger partial charge in [-0.2, -0.15) is 0 Å². The number of rotatable bonds is 8. The van der Waals surface area contributed by atoms with E-state index in [-0.39, 0.29) is 17.3 Å². The molecule has 0 unspecified atom stereocenters. The van der Waals surface area contributed by atoms with Crippen LogP contribution in [0.4, 0.5) is 11.4 Å². The number of allylic oxidation sites excluding steroid dienone is 1. The highest BCUT2D eigenvalue weighted by Crippen LogP contribution is 2.29. The van der Waals surface area contributed by atoms with Crippen LogP contribution in [0.25, 0.3) is 11.4 Å². The molecule has 29 heavy (non-hydrogen) atoms. The van der Waals surface area contributed by atoms with Gasteiger partial charge in [0.2, 0.25) is 5.91 Å². The van der Waals surface area contributed by atoms with Crippen molar-refractivity contribution in [3.05, 3.63) is 77.4 Å². The lowest BCUT2D eigenvalue weighted by atomic mass is 10.2. The van der Waals surface area contributed by atoms with E-state index in [1.165, 1.54) is 23.9 Å². The van der Waals surface area contributed by atoms with Crippen molar-refractivity contribution in [2.24, 2.45) is 0 Å². The first-order valence-electron chi connectivity index (χ1n) is 8.81. The summed E-state index contributed by atoms with van der Waals surface area (Å²) in [6.45, 7) is 5.98. The Balaban J connectivity index is 1.79. The number of hydrogen-bond acceptors (Lipinski definition) is 6. The van der Waals surface area contributed by atoms with Crippen LogP contribution in [-0.2, 0) is 11.3 Å². The maximum absolute atomic E-state index is 12.6. The van der Waals surface area contributed by atoms with E-state index in [0.29, 0.717) is 17.5 Å². The van der Waals surface area contributed by atoms with Crippen LogP contribution in [0.5, 0.6) is 0 Å². The molecule has 0 aliphatic carbocycles. The number of nitrogens with one attached hydrogen (secondary N) is 1. The third kappa shape index (κ3) is 4.69. The number of para-hydroxylation sites is 2. The van der Waals surface area contributed by atoms with Gasteiger partial charge in [0.1, 0.15) is 5.69 Å². The van der Waals surface area contributed by atoms with Crippen molar-refractivity contribution >= 4 is 29.0 Å². The second kappa shape index (κ2) is 9.16. The molecule has 0 aliphatic heterocycles. The summed E-state index contributed by atoms with van der Waals surface area (Å²) in [7, 11) is 0. The molecule has 0 fully saturated rings. The topological polar surface area (TPSA) is 103 Å². The minimum atomic E-state index is -0.550. The lowest BCUT2D eigenvalue weighted by Gasteiger charge is -2.13. The van der Waals surface area contributed by atoms with E-state index in [2.05, 4.69) is 22.1 Å². The highest BCUT2D eigenvalue weighted by molar-refractivity contribution is 8.00. The van der Waals surface area contributed by atoms with Crippen molar-refractivity contribution < 1.29 is 9.72 Å². The maximum atomic E-state index is 12.6. The normalized spacial score (nSPS) is 11.6. The van der Waals surface area contributed by atoms with Crippen LogP contribution >= 0.6 is 11.8 Å². The molecule has 8 nitrogen and oxygen atoms in total. The number of nitro benzene ring substituents is 1. The summed E-state index contributed by atoms with van der Waals surface area (Å²) in [6.07, 6.45) is 1.73. The van der Waals surface area contributed by atoms with Gasteiger partial charge in [-0.25, -0.2) is 0 Å². The van der Waals surface area contributed by atoms with Gasteiger partial charge < -0.3 is 5.32 Å². The van der Waals surface area contributed by atoms with Crippen LogP contribution in [-0.4, -0.2) is 30.8 Å². The fraction of sp³-hybridized carbons (Fsp3) is 0.150. The van der Waals surface area contributed by atoms with Gasteiger partial charge in [0.25, 0.3) is 5.69 Å². The molecule has 0 saturated carbocycles. The molecule has 148 valence electrons. The average molecular weight is 409 g/mol. The van der Waals surface area contributed by atoms with Crippen LogP contribution in [0.3, 0.4) is 0 Å². The lowest BCUT2D eigenvalue weighted by Crippen LogP contribution is -2.23. The van der Waals surface area contributed by atoms with Gasteiger partial charge >= 0.3 is 0 Å². The molecule has 2 aromatic carbocycles. The van der Waals surface area contributed by atoms with Crippen LogP contribution in [0.1, 0.15) is 6.92 Å². The summed E-state index contributed by atoms with van der Waals surface area (Å²) in [5.41, 5.74) is 0.914. The predicted molar refractivity (Wildman–Crippen MR) is 113 cm³/mol. The molecule has 0 aliphatic rings. The van der Waals surface area contributed by atoms with Crippen molar-refractivity contribution in [1.29, 1.82) is 0 Å². The zero-order valence-electron chi connectivity index (χ0n) is 15.7. The molecule has 1 amide bonds. The molecule has 9 heteroatoms. The largest absolute Gasteiger partial charge is 0.319 e. The summed E-state index contributed by atoms with van der Waals surface area (Å²) in [4.78, 5) is 23.2. The number of carbonyl (C=O) groups is 1. The fourth-order valence-electron chi connectivity index (χ4n) is 2.65. The number of nitrogens with zero attached hydrogens (tertiary/aromatic N) is 4. The highest BCUT2D eigenvalue weighted by Gasteiger charge is 2.22. The Labute approximate surface area is 171 Å². The molecule has 0 saturated heterocycles. The molecule has 1 N–H and O–H groups in total. The summed E-state index contributed by atoms with van der Waals surface area (Å²) in [6, 6.07) is 15.6. The summed E-state index contributed by atoms with van der Waals surface area (Å²) >= 11 is 1.23. The van der Waals surface area contributed by atoms with Gasteiger partial charge in [0.05, 0.1) is 10.2 Å². The number of thioether (sulfide) groups is 1. The number of benzene rings is 2. The predicted octanol–water partition coefficient (Wildman–Crippen LogP) is 4.16. The van der Waals surface area contributed by atoms with Gasteiger partial charge in [-0.15, -0.1) is 16.8 Å². The van der Waals surface area contributed by atoms with E-state index in [1.807, 2.05) is 34.9 Å². The van der Waals surface area contributed by atoms with Gasteiger partial charge in [0.15, 0.2) is 11.0 Å². The molecule has 0 bridgehead atoms. The molecule has 0 radical (unpaired) electrons. The fourth-order valence-corrected chi connectivity index (χ4v) is 3.51. The Bertz CT molecular complexity index is 1040. The molecule has 0 spiro atoms. The Hall–Kier alpha value is -3.46. The first kappa shape index (κ1) is 20.3. The Morgan fingerprint density at radius 2 is 1.93 bits per heavy atom. The van der Waals surface area contributed by atoms with Crippen molar-refractivity contribution in [2.45, 2.75) is 23.9 Å². The van der Waals surface area contributed by atoms with E-state index in [9.17, 15) is 14.9 Å². The van der Waals surface area contributed by atoms with Crippen LogP contribution < -0.4 is 5.32 Å². The summed E-state index contributed by atoms with van der Waals surface area (Å²) in [5.74, 6) is 0.318. The molecule has 1 heterocycles. The second-order valence-corrected chi connectivity index (χ2v) is 7.40. The number of nitro groups is 1. The second-order valence-electron chi connectivity index (χ2n) is 6.10. The Morgan fingerprint density at radius 3 is 2.62 bits per heavy atom. The summed E-state index contributed by atoms with van der Waals surface area (Å²) in [5, 5.41) is 22.3. The van der Waals surface area contributed by atoms with E-state index >= 15 is 0 Å². The Kier molecular flexibility index (Phi) is 6.40. The van der Waals surface area contributed by atoms with Crippen LogP contribution in [0.2, 0.25) is 0 Å². The van der Waals surface area contributed by atoms with Gasteiger partial charge in [0, 0.05) is 18.2 Å². The number of amides is 1. The van der Waals surface area contributed by atoms with Crippen molar-refractivity contribution in [3.63, 3.8) is 0 Å². The number of aromatic nitrogens is 3. The smallest absolute Gasteiger partial charge is 0.292 e. The quantitative estimate of drug-likeness (QED) is 0.259. The van der Waals surface area contributed by atoms with Crippen molar-refractivity contribution in [1.82, 2.24) is 14.8 Å². The third-order valence-electron chi connectivity index (χ3n) is 4.07. The standard InChI is InChI=1S/C20H19N5O3S/c1-3-13-24-18(15-9-5-4-6-10-15)22-23-20(24)29-14(2)19(26)21-16-11-7-8-12-17(16)25(27)28/h3-12,14H,1,13H2,2H3,(H,21,26)/t14-/m1/s1. The zero-order chi connectivity index (χ0) is 20.8.